The average Bonchev–Trinajstić information content (AvgIpc) is 3.03. The van der Waals surface area contributed by atoms with Crippen molar-refractivity contribution in [3.63, 3.8) is 0 Å². The van der Waals surface area contributed by atoms with Crippen molar-refractivity contribution in [2.75, 3.05) is 29.2 Å². The lowest BCUT2D eigenvalue weighted by molar-refractivity contribution is -0.117. The Morgan fingerprint density at radius 1 is 1.30 bits per heavy atom. The highest BCUT2D eigenvalue weighted by Crippen LogP contribution is 2.35. The van der Waals surface area contributed by atoms with Crippen LogP contribution < -0.4 is 26.6 Å². The molecule has 2 amide bonds. The molecule has 2 aliphatic rings. The van der Waals surface area contributed by atoms with Crippen molar-refractivity contribution in [2.45, 2.75) is 44.2 Å². The number of aromatic nitrogens is 2. The molecule has 1 aromatic heterocycles. The van der Waals surface area contributed by atoms with Gasteiger partial charge in [0.05, 0.1) is 6.42 Å². The Kier molecular flexibility index (Phi) is 5.29. The number of hydrogen-bond acceptors (Lipinski definition) is 7. The second-order valence-electron chi connectivity index (χ2n) is 7.98. The van der Waals surface area contributed by atoms with Gasteiger partial charge in [-0.2, -0.15) is 4.98 Å². The maximum absolute atomic E-state index is 12.1. The zero-order valence-corrected chi connectivity index (χ0v) is 17.3. The van der Waals surface area contributed by atoms with E-state index in [1.807, 2.05) is 30.1 Å². The van der Waals surface area contributed by atoms with Gasteiger partial charge in [0.2, 0.25) is 11.9 Å². The SMILES string of the molecule is CN1C(=O)Cc2c(Nc3nc(N(C)C4CCCCC4N)ncc3C(N)=O)cccc21. The van der Waals surface area contributed by atoms with Gasteiger partial charge in [0, 0.05) is 49.3 Å². The summed E-state index contributed by atoms with van der Waals surface area (Å²) in [6.07, 6.45) is 5.92. The maximum Gasteiger partial charge on any atom is 0.254 e. The van der Waals surface area contributed by atoms with Crippen molar-refractivity contribution in [2.24, 2.45) is 11.5 Å². The van der Waals surface area contributed by atoms with Gasteiger partial charge in [0.15, 0.2) is 0 Å². The molecule has 9 nitrogen and oxygen atoms in total. The Labute approximate surface area is 175 Å². The molecule has 2 heterocycles. The van der Waals surface area contributed by atoms with Crippen LogP contribution in [0.25, 0.3) is 0 Å². The van der Waals surface area contributed by atoms with E-state index in [2.05, 4.69) is 15.3 Å². The van der Waals surface area contributed by atoms with Crippen LogP contribution in [0.3, 0.4) is 0 Å². The molecule has 1 fully saturated rings. The third-order valence-electron chi connectivity index (χ3n) is 6.10. The topological polar surface area (TPSA) is 130 Å². The third-order valence-corrected chi connectivity index (χ3v) is 6.10. The molecule has 2 atom stereocenters. The Bertz CT molecular complexity index is 993. The highest BCUT2D eigenvalue weighted by atomic mass is 16.2. The Hall–Kier alpha value is -3.20. The highest BCUT2D eigenvalue weighted by Gasteiger charge is 2.29. The largest absolute Gasteiger partial charge is 0.365 e. The number of primary amides is 1. The minimum absolute atomic E-state index is 0.0174. The molecule has 0 radical (unpaired) electrons. The van der Waals surface area contributed by atoms with Crippen LogP contribution in [0.15, 0.2) is 24.4 Å². The molecular weight excluding hydrogens is 382 g/mol. The average molecular weight is 409 g/mol. The number of fused-ring (bicyclic) bond motifs is 1. The van der Waals surface area contributed by atoms with Crippen molar-refractivity contribution >= 4 is 35.0 Å². The van der Waals surface area contributed by atoms with E-state index < -0.39 is 5.91 Å². The third kappa shape index (κ3) is 3.56. The van der Waals surface area contributed by atoms with Crippen LogP contribution in [0.1, 0.15) is 41.6 Å². The van der Waals surface area contributed by atoms with E-state index in [0.717, 1.165) is 42.6 Å². The van der Waals surface area contributed by atoms with Crippen LogP contribution in [0.4, 0.5) is 23.1 Å². The fourth-order valence-electron chi connectivity index (χ4n) is 4.31. The smallest absolute Gasteiger partial charge is 0.254 e. The first kappa shape index (κ1) is 20.1. The van der Waals surface area contributed by atoms with E-state index in [1.165, 1.54) is 6.20 Å². The normalized spacial score (nSPS) is 20.8. The number of nitrogens with two attached hydrogens (primary N) is 2. The van der Waals surface area contributed by atoms with Crippen LogP contribution in [-0.2, 0) is 11.2 Å². The lowest BCUT2D eigenvalue weighted by Gasteiger charge is -2.36. The number of nitrogens with one attached hydrogen (secondary N) is 1. The Balaban J connectivity index is 1.69. The molecule has 4 rings (SSSR count). The summed E-state index contributed by atoms with van der Waals surface area (Å²) in [5, 5.41) is 3.22. The second kappa shape index (κ2) is 7.91. The van der Waals surface area contributed by atoms with Crippen molar-refractivity contribution in [1.29, 1.82) is 0 Å². The van der Waals surface area contributed by atoms with Gasteiger partial charge in [-0.1, -0.05) is 18.9 Å². The lowest BCUT2D eigenvalue weighted by atomic mass is 9.90. The number of rotatable bonds is 5. The van der Waals surface area contributed by atoms with Crippen LogP contribution in [0, 0.1) is 0 Å². The van der Waals surface area contributed by atoms with E-state index in [9.17, 15) is 9.59 Å². The van der Waals surface area contributed by atoms with Crippen LogP contribution in [0.2, 0.25) is 0 Å². The number of carbonyl (C=O) groups excluding carboxylic acids is 2. The molecule has 1 aliphatic carbocycles. The number of anilines is 4. The zero-order chi connectivity index (χ0) is 21.4. The van der Waals surface area contributed by atoms with E-state index in [0.29, 0.717) is 11.8 Å². The quantitative estimate of drug-likeness (QED) is 0.683. The van der Waals surface area contributed by atoms with Crippen molar-refractivity contribution < 1.29 is 9.59 Å². The predicted octanol–water partition coefficient (Wildman–Crippen LogP) is 1.54. The molecule has 0 bridgehead atoms. The summed E-state index contributed by atoms with van der Waals surface area (Å²) in [4.78, 5) is 36.7. The second-order valence-corrected chi connectivity index (χ2v) is 7.98. The fraction of sp³-hybridized carbons (Fsp3) is 0.429. The van der Waals surface area contributed by atoms with Gasteiger partial charge in [-0.25, -0.2) is 4.98 Å². The van der Waals surface area contributed by atoms with Gasteiger partial charge in [0.1, 0.15) is 11.4 Å². The molecule has 30 heavy (non-hydrogen) atoms. The van der Waals surface area contributed by atoms with E-state index in [-0.39, 0.29) is 30.0 Å². The van der Waals surface area contributed by atoms with Crippen LogP contribution in [-0.4, -0.2) is 48.0 Å². The van der Waals surface area contributed by atoms with Gasteiger partial charge in [0.25, 0.3) is 5.91 Å². The molecule has 1 aromatic carbocycles. The van der Waals surface area contributed by atoms with Crippen LogP contribution in [0.5, 0.6) is 0 Å². The Morgan fingerprint density at radius 3 is 2.80 bits per heavy atom. The first-order valence-electron chi connectivity index (χ1n) is 10.2. The molecule has 9 heteroatoms. The van der Waals surface area contributed by atoms with Gasteiger partial charge in [-0.15, -0.1) is 0 Å². The van der Waals surface area contributed by atoms with Gasteiger partial charge < -0.3 is 26.6 Å². The molecule has 5 N–H and O–H groups in total. The minimum atomic E-state index is -0.623. The predicted molar refractivity (Wildman–Crippen MR) is 116 cm³/mol. The van der Waals surface area contributed by atoms with Gasteiger partial charge in [-0.3, -0.25) is 9.59 Å². The number of benzene rings is 1. The number of nitrogens with zero attached hydrogens (tertiary/aromatic N) is 4. The van der Waals surface area contributed by atoms with Crippen LogP contribution >= 0.6 is 0 Å². The van der Waals surface area contributed by atoms with Gasteiger partial charge in [-0.05, 0) is 25.0 Å². The lowest BCUT2D eigenvalue weighted by Crippen LogP contribution is -2.48. The summed E-state index contributed by atoms with van der Waals surface area (Å²) in [5.41, 5.74) is 14.5. The molecule has 1 aliphatic heterocycles. The standard InChI is InChI=1S/C21H27N7O2/c1-27-16-9-5-7-15(12(16)10-18(27)29)25-20-13(19(23)30)11-24-21(26-20)28(2)17-8-4-3-6-14(17)22/h5,7,9,11,14,17H,3-4,6,8,10,22H2,1-2H3,(H2,23,30)(H,24,25,26). The molecular formula is C21H27N7O2. The zero-order valence-electron chi connectivity index (χ0n) is 17.3. The number of likely N-dealkylation sites (N-methyl/N-ethyl adjacent to an activating group) is 2. The molecule has 0 spiro atoms. The summed E-state index contributed by atoms with van der Waals surface area (Å²) < 4.78 is 0. The fourth-order valence-corrected chi connectivity index (χ4v) is 4.31. The molecule has 1 saturated carbocycles. The van der Waals surface area contributed by atoms with E-state index >= 15 is 0 Å². The molecule has 158 valence electrons. The minimum Gasteiger partial charge on any atom is -0.365 e. The number of hydrogen-bond donors (Lipinski definition) is 3. The van der Waals surface area contributed by atoms with Gasteiger partial charge >= 0.3 is 0 Å². The first-order valence-corrected chi connectivity index (χ1v) is 10.2. The van der Waals surface area contributed by atoms with Crippen molar-refractivity contribution in [3.05, 3.63) is 35.5 Å². The maximum atomic E-state index is 12.1. The Morgan fingerprint density at radius 2 is 2.07 bits per heavy atom. The first-order chi connectivity index (χ1) is 14.4. The monoisotopic (exact) mass is 409 g/mol. The summed E-state index contributed by atoms with van der Waals surface area (Å²) in [7, 11) is 3.67. The summed E-state index contributed by atoms with van der Waals surface area (Å²) in [6, 6.07) is 5.80. The molecule has 2 aromatic rings. The van der Waals surface area contributed by atoms with Crippen molar-refractivity contribution in [3.8, 4) is 0 Å². The highest BCUT2D eigenvalue weighted by molar-refractivity contribution is 6.04. The number of amides is 2. The van der Waals surface area contributed by atoms with E-state index in [1.54, 1.807) is 11.9 Å². The molecule has 0 saturated heterocycles. The summed E-state index contributed by atoms with van der Waals surface area (Å²) in [5.74, 6) is 0.190. The summed E-state index contributed by atoms with van der Waals surface area (Å²) in [6.45, 7) is 0. The number of carbonyl (C=O) groups is 2. The molecule has 2 unspecified atom stereocenters. The summed E-state index contributed by atoms with van der Waals surface area (Å²) >= 11 is 0. The van der Waals surface area contributed by atoms with Crippen molar-refractivity contribution in [1.82, 2.24) is 9.97 Å². The van der Waals surface area contributed by atoms with E-state index in [4.69, 9.17) is 11.5 Å².